The van der Waals surface area contributed by atoms with Gasteiger partial charge in [-0.1, -0.05) is 29.8 Å². The molecule has 0 saturated carbocycles. The van der Waals surface area contributed by atoms with Crippen LogP contribution in [0.3, 0.4) is 0 Å². The van der Waals surface area contributed by atoms with E-state index in [-0.39, 0.29) is 36.8 Å². The maximum Gasteiger partial charge on any atom is 0.309 e. The number of hydrogen-bond donors (Lipinski definition) is 2. The van der Waals surface area contributed by atoms with Crippen LogP contribution in [0.1, 0.15) is 5.56 Å². The van der Waals surface area contributed by atoms with Crippen molar-refractivity contribution in [1.82, 2.24) is 14.9 Å². The van der Waals surface area contributed by atoms with E-state index in [4.69, 9.17) is 16.3 Å². The van der Waals surface area contributed by atoms with E-state index in [1.54, 1.807) is 24.3 Å². The van der Waals surface area contributed by atoms with Gasteiger partial charge in [0.05, 0.1) is 23.0 Å². The van der Waals surface area contributed by atoms with E-state index in [0.29, 0.717) is 10.6 Å². The second kappa shape index (κ2) is 10.0. The number of sulfonamides is 1. The van der Waals surface area contributed by atoms with Crippen molar-refractivity contribution in [3.05, 3.63) is 69.2 Å². The molecular weight excluding hydrogens is 464 g/mol. The fourth-order valence-corrected chi connectivity index (χ4v) is 4.69. The number of ether oxygens (including phenoxy) is 1. The van der Waals surface area contributed by atoms with Crippen molar-refractivity contribution in [3.63, 3.8) is 0 Å². The van der Waals surface area contributed by atoms with E-state index in [2.05, 4.69) is 10.6 Å². The summed E-state index contributed by atoms with van der Waals surface area (Å²) >= 11 is 6.00. The number of carbonyl (C=O) groups excluding carboxylic acids is 2. The molecule has 32 heavy (non-hydrogen) atoms. The van der Waals surface area contributed by atoms with Crippen LogP contribution in [0.5, 0.6) is 0 Å². The Hall–Kier alpha value is -3.06. The third-order valence-corrected chi connectivity index (χ3v) is 6.91. The zero-order chi connectivity index (χ0) is 23.3. The monoisotopic (exact) mass is 482 g/mol. The number of benzene rings is 2. The first-order valence-electron chi connectivity index (χ1n) is 9.37. The molecule has 1 aliphatic heterocycles. The molecule has 2 amide bonds. The fraction of sp³-hybridized carbons (Fsp3) is 0.263. The van der Waals surface area contributed by atoms with E-state index >= 15 is 0 Å². The van der Waals surface area contributed by atoms with Crippen LogP contribution in [0.4, 0.5) is 5.69 Å². The summed E-state index contributed by atoms with van der Waals surface area (Å²) in [5.74, 6) is -1.87. The van der Waals surface area contributed by atoms with E-state index in [0.717, 1.165) is 28.6 Å². The molecule has 0 aromatic heterocycles. The van der Waals surface area contributed by atoms with E-state index in [9.17, 15) is 28.1 Å². The summed E-state index contributed by atoms with van der Waals surface area (Å²) in [4.78, 5) is 34.1. The topological polar surface area (TPSA) is 148 Å². The number of non-ortho nitro benzene ring substituents is 1. The van der Waals surface area contributed by atoms with Gasteiger partial charge in [-0.2, -0.15) is 4.31 Å². The minimum Gasteiger partial charge on any atom is -0.359 e. The summed E-state index contributed by atoms with van der Waals surface area (Å²) in [6, 6.07) is 11.3. The number of nitrogens with zero attached hydrogens (tertiary/aromatic N) is 2. The van der Waals surface area contributed by atoms with Gasteiger partial charge in [-0.3, -0.25) is 19.7 Å². The Morgan fingerprint density at radius 3 is 2.44 bits per heavy atom. The van der Waals surface area contributed by atoms with Crippen molar-refractivity contribution in [2.24, 2.45) is 0 Å². The van der Waals surface area contributed by atoms with E-state index < -0.39 is 33.0 Å². The van der Waals surface area contributed by atoms with Crippen LogP contribution in [0.25, 0.3) is 0 Å². The number of rotatable bonds is 7. The van der Waals surface area contributed by atoms with Crippen LogP contribution in [0, 0.1) is 10.1 Å². The molecule has 0 radical (unpaired) electrons. The number of nitro groups is 1. The van der Waals surface area contributed by atoms with E-state index in [1.165, 1.54) is 0 Å². The van der Waals surface area contributed by atoms with Gasteiger partial charge in [0.2, 0.25) is 10.0 Å². The average Bonchev–Trinajstić information content (AvgIpc) is 3.26. The molecule has 0 spiro atoms. The van der Waals surface area contributed by atoms with Crippen LogP contribution in [-0.4, -0.2) is 55.4 Å². The first-order valence-corrected chi connectivity index (χ1v) is 11.2. The smallest absolute Gasteiger partial charge is 0.309 e. The highest BCUT2D eigenvalue weighted by Gasteiger charge is 2.36. The highest BCUT2D eigenvalue weighted by molar-refractivity contribution is 7.89. The molecule has 1 atom stereocenters. The number of carbonyl (C=O) groups is 2. The molecule has 2 aromatic carbocycles. The maximum atomic E-state index is 12.9. The highest BCUT2D eigenvalue weighted by atomic mass is 35.5. The Labute approximate surface area is 188 Å². The fourth-order valence-electron chi connectivity index (χ4n) is 2.97. The molecule has 2 N–H and O–H groups in total. The normalized spacial score (nSPS) is 16.5. The number of nitro benzene ring substituents is 1. The number of nitrogens with one attached hydrogen (secondary N) is 2. The SMILES string of the molecule is O=C(NCc1ccccc1Cl)C(=O)NCC1OCCN1S(=O)(=O)c1ccc([N+](=O)[O-])cc1. The van der Waals surface area contributed by atoms with Gasteiger partial charge in [-0.15, -0.1) is 0 Å². The summed E-state index contributed by atoms with van der Waals surface area (Å²) in [7, 11) is -4.03. The summed E-state index contributed by atoms with van der Waals surface area (Å²) in [5, 5.41) is 16.0. The van der Waals surface area contributed by atoms with Crippen molar-refractivity contribution in [2.45, 2.75) is 17.7 Å². The van der Waals surface area contributed by atoms with Crippen LogP contribution in [-0.2, 0) is 30.9 Å². The zero-order valence-electron chi connectivity index (χ0n) is 16.6. The van der Waals surface area contributed by atoms with Crippen LogP contribution < -0.4 is 10.6 Å². The molecule has 0 aliphatic carbocycles. The second-order valence-electron chi connectivity index (χ2n) is 6.68. The summed E-state index contributed by atoms with van der Waals surface area (Å²) in [6.07, 6.45) is -1.03. The summed E-state index contributed by atoms with van der Waals surface area (Å²) in [6.45, 7) is -0.0962. The number of amides is 2. The molecule has 1 fully saturated rings. The van der Waals surface area contributed by atoms with Crippen molar-refractivity contribution < 1.29 is 27.7 Å². The minimum atomic E-state index is -4.03. The second-order valence-corrected chi connectivity index (χ2v) is 8.97. The van der Waals surface area contributed by atoms with Crippen LogP contribution in [0.2, 0.25) is 5.02 Å². The molecule has 3 rings (SSSR count). The first kappa shape index (κ1) is 23.6. The van der Waals surface area contributed by atoms with Crippen molar-refractivity contribution >= 4 is 39.1 Å². The van der Waals surface area contributed by atoms with Gasteiger partial charge in [-0.25, -0.2) is 8.42 Å². The Balaban J connectivity index is 1.58. The lowest BCUT2D eigenvalue weighted by atomic mass is 10.2. The molecule has 0 bridgehead atoms. The third kappa shape index (κ3) is 5.40. The highest BCUT2D eigenvalue weighted by Crippen LogP contribution is 2.24. The Morgan fingerprint density at radius 1 is 1.12 bits per heavy atom. The van der Waals surface area contributed by atoms with E-state index in [1.807, 2.05) is 0 Å². The number of hydrogen-bond acceptors (Lipinski definition) is 7. The molecular formula is C19H19ClN4O7S. The predicted molar refractivity (Wildman–Crippen MR) is 113 cm³/mol. The van der Waals surface area contributed by atoms with Crippen molar-refractivity contribution in [2.75, 3.05) is 19.7 Å². The quantitative estimate of drug-likeness (QED) is 0.340. The molecule has 11 nitrogen and oxygen atoms in total. The Kier molecular flexibility index (Phi) is 7.40. The predicted octanol–water partition coefficient (Wildman–Crippen LogP) is 1.03. The van der Waals surface area contributed by atoms with Gasteiger partial charge in [0.25, 0.3) is 5.69 Å². The van der Waals surface area contributed by atoms with Crippen LogP contribution >= 0.6 is 11.6 Å². The van der Waals surface area contributed by atoms with Gasteiger partial charge in [0, 0.05) is 30.2 Å². The maximum absolute atomic E-state index is 12.9. The lowest BCUT2D eigenvalue weighted by Crippen LogP contribution is -2.47. The van der Waals surface area contributed by atoms with Gasteiger partial charge >= 0.3 is 11.8 Å². The summed E-state index contributed by atoms with van der Waals surface area (Å²) in [5.41, 5.74) is 0.392. The standard InChI is InChI=1S/C19H19ClN4O7S/c20-16-4-2-1-3-13(16)11-21-18(25)19(26)22-12-17-23(9-10-31-17)32(29,30)15-7-5-14(6-8-15)24(27)28/h1-8,17H,9-12H2,(H,21,25)(H,22,26). The molecule has 1 aliphatic rings. The lowest BCUT2D eigenvalue weighted by molar-refractivity contribution is -0.384. The minimum absolute atomic E-state index is 0.0263. The number of halogens is 1. The largest absolute Gasteiger partial charge is 0.359 e. The molecule has 1 unspecified atom stereocenters. The molecule has 1 heterocycles. The van der Waals surface area contributed by atoms with Crippen molar-refractivity contribution in [3.8, 4) is 0 Å². The van der Waals surface area contributed by atoms with Crippen LogP contribution in [0.15, 0.2) is 53.4 Å². The first-order chi connectivity index (χ1) is 15.2. The molecule has 2 aromatic rings. The Bertz CT molecular complexity index is 1120. The lowest BCUT2D eigenvalue weighted by Gasteiger charge is -2.22. The molecule has 1 saturated heterocycles. The average molecular weight is 483 g/mol. The summed E-state index contributed by atoms with van der Waals surface area (Å²) < 4.78 is 32.1. The van der Waals surface area contributed by atoms with Crippen molar-refractivity contribution in [1.29, 1.82) is 0 Å². The van der Waals surface area contributed by atoms with Gasteiger partial charge in [-0.05, 0) is 23.8 Å². The van der Waals surface area contributed by atoms with Gasteiger partial charge in [0.1, 0.15) is 6.23 Å². The molecule has 170 valence electrons. The zero-order valence-corrected chi connectivity index (χ0v) is 18.1. The Morgan fingerprint density at radius 2 is 1.78 bits per heavy atom. The van der Waals surface area contributed by atoms with Gasteiger partial charge < -0.3 is 15.4 Å². The third-order valence-electron chi connectivity index (χ3n) is 4.64. The van der Waals surface area contributed by atoms with Gasteiger partial charge in [0.15, 0.2) is 0 Å². The molecule has 13 heteroatoms.